The number of hydrogen-bond acceptors (Lipinski definition) is 2. The van der Waals surface area contributed by atoms with E-state index < -0.39 is 0 Å². The van der Waals surface area contributed by atoms with Crippen LogP contribution in [0.3, 0.4) is 0 Å². The topological polar surface area (TPSA) is 56.4 Å². The Morgan fingerprint density at radius 1 is 1.00 bits per heavy atom. The molecule has 2 heterocycles. The molecule has 29 heavy (non-hydrogen) atoms. The van der Waals surface area contributed by atoms with E-state index in [1.807, 2.05) is 21.9 Å². The second-order valence-corrected chi connectivity index (χ2v) is 9.26. The van der Waals surface area contributed by atoms with E-state index in [0.29, 0.717) is 38.0 Å². The summed E-state index contributed by atoms with van der Waals surface area (Å²) in [6, 6.07) is 6.12. The van der Waals surface area contributed by atoms with Gasteiger partial charge in [0.25, 0.3) is 5.91 Å². The van der Waals surface area contributed by atoms with Crippen LogP contribution in [0.2, 0.25) is 0 Å². The van der Waals surface area contributed by atoms with Gasteiger partial charge in [-0.25, -0.2) is 0 Å². The van der Waals surface area contributed by atoms with Gasteiger partial charge in [-0.05, 0) is 49.7 Å². The minimum Gasteiger partial charge on any atom is -0.358 e. The monoisotopic (exact) mass is 393 g/mol. The van der Waals surface area contributed by atoms with Gasteiger partial charge in [0.1, 0.15) is 0 Å². The van der Waals surface area contributed by atoms with Crippen molar-refractivity contribution in [3.05, 3.63) is 35.0 Å². The molecule has 5 heteroatoms. The Balaban J connectivity index is 1.32. The van der Waals surface area contributed by atoms with Gasteiger partial charge in [0, 0.05) is 43.2 Å². The van der Waals surface area contributed by atoms with E-state index in [1.165, 1.54) is 35.9 Å². The highest BCUT2D eigenvalue weighted by Crippen LogP contribution is 2.33. The summed E-state index contributed by atoms with van der Waals surface area (Å²) in [6.45, 7) is 4.89. The van der Waals surface area contributed by atoms with Gasteiger partial charge in [-0.1, -0.05) is 31.9 Å². The molecule has 3 aliphatic rings. The average Bonchev–Trinajstić information content (AvgIpc) is 3.41. The smallest absolute Gasteiger partial charge is 0.256 e. The lowest BCUT2D eigenvalue weighted by molar-refractivity contribution is -0.136. The third-order valence-corrected chi connectivity index (χ3v) is 7.28. The molecule has 1 saturated heterocycles. The predicted octanol–water partition coefficient (Wildman–Crippen LogP) is 3.77. The lowest BCUT2D eigenvalue weighted by atomic mass is 9.87. The number of aromatic nitrogens is 1. The van der Waals surface area contributed by atoms with Gasteiger partial charge in [-0.3, -0.25) is 9.59 Å². The number of H-pyrrole nitrogens is 1. The van der Waals surface area contributed by atoms with E-state index in [-0.39, 0.29) is 11.8 Å². The molecule has 154 valence electrons. The first-order valence-corrected chi connectivity index (χ1v) is 11.3. The highest BCUT2D eigenvalue weighted by atomic mass is 16.2. The number of nitrogens with one attached hydrogen (secondary N) is 1. The molecular formula is C24H31N3O2. The number of hydrogen-bond donors (Lipinski definition) is 1. The first-order chi connectivity index (χ1) is 14.1. The Morgan fingerprint density at radius 2 is 1.72 bits per heavy atom. The predicted molar refractivity (Wildman–Crippen MR) is 114 cm³/mol. The molecule has 1 saturated carbocycles. The molecule has 2 fully saturated rings. The summed E-state index contributed by atoms with van der Waals surface area (Å²) in [4.78, 5) is 33.5. The van der Waals surface area contributed by atoms with E-state index in [0.717, 1.165) is 36.8 Å². The summed E-state index contributed by atoms with van der Waals surface area (Å²) in [6.07, 6.45) is 7.80. The van der Waals surface area contributed by atoms with Crippen LogP contribution in [-0.2, 0) is 17.6 Å². The summed E-state index contributed by atoms with van der Waals surface area (Å²) < 4.78 is 0. The van der Waals surface area contributed by atoms with Gasteiger partial charge in [-0.2, -0.15) is 0 Å². The van der Waals surface area contributed by atoms with Gasteiger partial charge < -0.3 is 14.8 Å². The van der Waals surface area contributed by atoms with Crippen LogP contribution in [0.25, 0.3) is 10.9 Å². The number of para-hydroxylation sites is 1. The van der Waals surface area contributed by atoms with Crippen molar-refractivity contribution in [2.45, 2.75) is 51.9 Å². The number of nitrogens with zero attached hydrogens (tertiary/aromatic N) is 2. The van der Waals surface area contributed by atoms with Gasteiger partial charge in [0.15, 0.2) is 0 Å². The molecule has 1 unspecified atom stereocenters. The number of carbonyl (C=O) groups is 2. The summed E-state index contributed by atoms with van der Waals surface area (Å²) in [5.41, 5.74) is 4.49. The average molecular weight is 394 g/mol. The Hall–Kier alpha value is -2.30. The van der Waals surface area contributed by atoms with Crippen LogP contribution >= 0.6 is 0 Å². The quantitative estimate of drug-likeness (QED) is 0.844. The lowest BCUT2D eigenvalue weighted by Gasteiger charge is -2.36. The number of rotatable bonds is 2. The molecule has 2 aliphatic carbocycles. The summed E-state index contributed by atoms with van der Waals surface area (Å²) >= 11 is 0. The molecule has 0 spiro atoms. The maximum Gasteiger partial charge on any atom is 0.256 e. The standard InChI is InChI=1S/C24H31N3O2/c1-16-9-10-21-20(15-16)18-7-4-8-19(22(18)25-21)24(29)27-13-11-26(12-14-27)23(28)17-5-2-3-6-17/h4,7-8,16-17,25H,2-3,5-6,9-15H2,1H3. The van der Waals surface area contributed by atoms with Crippen LogP contribution in [-0.4, -0.2) is 52.8 Å². The molecular weight excluding hydrogens is 362 g/mol. The fraction of sp³-hybridized carbons (Fsp3) is 0.583. The van der Waals surface area contributed by atoms with Crippen LogP contribution in [0, 0.1) is 11.8 Å². The summed E-state index contributed by atoms with van der Waals surface area (Å²) in [7, 11) is 0. The number of carbonyl (C=O) groups excluding carboxylic acids is 2. The SMILES string of the molecule is CC1CCc2[nH]c3c(C(=O)N4CCN(C(=O)C5CCCC5)CC4)cccc3c2C1. The van der Waals surface area contributed by atoms with Crippen molar-refractivity contribution >= 4 is 22.7 Å². The van der Waals surface area contributed by atoms with E-state index in [4.69, 9.17) is 0 Å². The number of benzene rings is 1. The largest absolute Gasteiger partial charge is 0.358 e. The third kappa shape index (κ3) is 3.34. The Morgan fingerprint density at radius 3 is 2.48 bits per heavy atom. The summed E-state index contributed by atoms with van der Waals surface area (Å²) in [5.74, 6) is 1.32. The number of aryl methyl sites for hydroxylation is 1. The molecule has 2 aromatic rings. The van der Waals surface area contributed by atoms with Crippen molar-refractivity contribution in [1.29, 1.82) is 0 Å². The molecule has 5 rings (SSSR count). The van der Waals surface area contributed by atoms with Crippen molar-refractivity contribution < 1.29 is 9.59 Å². The van der Waals surface area contributed by atoms with Crippen LogP contribution < -0.4 is 0 Å². The van der Waals surface area contributed by atoms with Crippen LogP contribution in [0.4, 0.5) is 0 Å². The zero-order valence-electron chi connectivity index (χ0n) is 17.4. The number of amides is 2. The first-order valence-electron chi connectivity index (χ1n) is 11.3. The molecule has 1 aromatic carbocycles. The van der Waals surface area contributed by atoms with Crippen molar-refractivity contribution in [2.24, 2.45) is 11.8 Å². The van der Waals surface area contributed by atoms with Crippen molar-refractivity contribution in [3.63, 3.8) is 0 Å². The highest BCUT2D eigenvalue weighted by molar-refractivity contribution is 6.07. The fourth-order valence-electron chi connectivity index (χ4n) is 5.52. The van der Waals surface area contributed by atoms with Crippen molar-refractivity contribution in [2.75, 3.05) is 26.2 Å². The van der Waals surface area contributed by atoms with Crippen LogP contribution in [0.1, 0.15) is 60.6 Å². The Kier molecular flexibility index (Phi) is 4.84. The second kappa shape index (κ2) is 7.51. The molecule has 2 amide bonds. The minimum absolute atomic E-state index is 0.0928. The van der Waals surface area contributed by atoms with Crippen molar-refractivity contribution in [1.82, 2.24) is 14.8 Å². The lowest BCUT2D eigenvalue weighted by Crippen LogP contribution is -2.51. The molecule has 1 atom stereocenters. The normalized spacial score (nSPS) is 22.9. The number of fused-ring (bicyclic) bond motifs is 3. The summed E-state index contributed by atoms with van der Waals surface area (Å²) in [5, 5.41) is 1.22. The maximum atomic E-state index is 13.3. The minimum atomic E-state index is 0.0928. The molecule has 1 aromatic heterocycles. The van der Waals surface area contributed by atoms with Gasteiger partial charge in [0.2, 0.25) is 5.91 Å². The zero-order valence-corrected chi connectivity index (χ0v) is 17.4. The van der Waals surface area contributed by atoms with Crippen LogP contribution in [0.5, 0.6) is 0 Å². The van der Waals surface area contributed by atoms with Gasteiger partial charge in [-0.15, -0.1) is 0 Å². The second-order valence-electron chi connectivity index (χ2n) is 9.26. The first kappa shape index (κ1) is 18.7. The highest BCUT2D eigenvalue weighted by Gasteiger charge is 2.31. The van der Waals surface area contributed by atoms with Crippen LogP contribution in [0.15, 0.2) is 18.2 Å². The van der Waals surface area contributed by atoms with Gasteiger partial charge >= 0.3 is 0 Å². The zero-order chi connectivity index (χ0) is 20.0. The Bertz CT molecular complexity index is 933. The van der Waals surface area contributed by atoms with E-state index >= 15 is 0 Å². The van der Waals surface area contributed by atoms with E-state index in [9.17, 15) is 9.59 Å². The van der Waals surface area contributed by atoms with E-state index in [2.05, 4.69) is 18.0 Å². The molecule has 1 aliphatic heterocycles. The molecule has 0 radical (unpaired) electrons. The van der Waals surface area contributed by atoms with Gasteiger partial charge in [0.05, 0.1) is 11.1 Å². The van der Waals surface area contributed by atoms with E-state index in [1.54, 1.807) is 0 Å². The fourth-order valence-corrected chi connectivity index (χ4v) is 5.52. The number of aromatic amines is 1. The Labute approximate surface area is 172 Å². The third-order valence-electron chi connectivity index (χ3n) is 7.28. The molecule has 5 nitrogen and oxygen atoms in total. The maximum absolute atomic E-state index is 13.3. The number of piperazine rings is 1. The molecule has 0 bridgehead atoms. The van der Waals surface area contributed by atoms with Crippen molar-refractivity contribution in [3.8, 4) is 0 Å². The molecule has 1 N–H and O–H groups in total.